The van der Waals surface area contributed by atoms with Crippen molar-refractivity contribution in [1.29, 1.82) is 0 Å². The third kappa shape index (κ3) is 4.22. The summed E-state index contributed by atoms with van der Waals surface area (Å²) < 4.78 is 5.80. The van der Waals surface area contributed by atoms with Crippen LogP contribution in [0, 0.1) is 5.92 Å². The first-order chi connectivity index (χ1) is 9.19. The fraction of sp³-hybridized carbons (Fsp3) is 0.625. The Morgan fingerprint density at radius 3 is 2.63 bits per heavy atom. The summed E-state index contributed by atoms with van der Waals surface area (Å²) in [7, 11) is 0. The zero-order valence-electron chi connectivity index (χ0n) is 12.1. The molecule has 106 valence electrons. The number of rotatable bonds is 5. The molecule has 2 rings (SSSR count). The fourth-order valence-electron chi connectivity index (χ4n) is 2.79. The van der Waals surface area contributed by atoms with E-state index in [4.69, 9.17) is 10.5 Å². The maximum Gasteiger partial charge on any atom is 0.119 e. The van der Waals surface area contributed by atoms with Crippen LogP contribution in [0.25, 0.3) is 0 Å². The number of ether oxygens (including phenoxy) is 1. The molecule has 0 saturated carbocycles. The molecule has 2 atom stereocenters. The second-order valence-corrected chi connectivity index (χ2v) is 5.71. The maximum atomic E-state index is 5.80. The van der Waals surface area contributed by atoms with Crippen molar-refractivity contribution in [2.45, 2.75) is 39.3 Å². The van der Waals surface area contributed by atoms with Gasteiger partial charge in [0.25, 0.3) is 0 Å². The Morgan fingerprint density at radius 2 is 2.00 bits per heavy atom. The monoisotopic (exact) mass is 262 g/mol. The van der Waals surface area contributed by atoms with Crippen LogP contribution in [-0.2, 0) is 6.54 Å². The van der Waals surface area contributed by atoms with Gasteiger partial charge in [-0.05, 0) is 49.9 Å². The highest BCUT2D eigenvalue weighted by Crippen LogP contribution is 2.21. The Hall–Kier alpha value is -1.06. The van der Waals surface area contributed by atoms with Crippen molar-refractivity contribution < 1.29 is 4.74 Å². The predicted octanol–water partition coefficient (Wildman–Crippen LogP) is 2.64. The number of piperidine rings is 1. The van der Waals surface area contributed by atoms with E-state index in [1.165, 1.54) is 19.4 Å². The largest absolute Gasteiger partial charge is 0.492 e. The quantitative estimate of drug-likeness (QED) is 0.886. The summed E-state index contributed by atoms with van der Waals surface area (Å²) in [5.41, 5.74) is 6.72. The average molecular weight is 262 g/mol. The number of nitrogens with zero attached hydrogens (tertiary/aromatic N) is 1. The number of benzene rings is 1. The second kappa shape index (κ2) is 6.92. The first-order valence-electron chi connectivity index (χ1n) is 7.35. The molecular formula is C16H26N2O. The van der Waals surface area contributed by atoms with E-state index in [-0.39, 0.29) is 0 Å². The molecule has 0 radical (unpaired) electrons. The zero-order valence-corrected chi connectivity index (χ0v) is 12.1. The average Bonchev–Trinajstić information content (AvgIpc) is 2.42. The number of nitrogens with two attached hydrogens (primary N) is 1. The summed E-state index contributed by atoms with van der Waals surface area (Å²) >= 11 is 0. The highest BCUT2D eigenvalue weighted by molar-refractivity contribution is 5.27. The molecule has 0 aromatic heterocycles. The van der Waals surface area contributed by atoms with Gasteiger partial charge in [0.05, 0.1) is 0 Å². The lowest BCUT2D eigenvalue weighted by Gasteiger charge is -2.36. The molecule has 19 heavy (non-hydrogen) atoms. The topological polar surface area (TPSA) is 38.5 Å². The van der Waals surface area contributed by atoms with Gasteiger partial charge in [0.2, 0.25) is 0 Å². The standard InChI is InChI=1S/C16H26N2O/c1-13-7-8-18(14(2)11-13)9-10-19-16-5-3-15(12-17)4-6-16/h3-6,13-14H,7-12,17H2,1-2H3. The highest BCUT2D eigenvalue weighted by atomic mass is 16.5. The van der Waals surface area contributed by atoms with E-state index in [9.17, 15) is 0 Å². The summed E-state index contributed by atoms with van der Waals surface area (Å²) in [4.78, 5) is 2.54. The molecule has 0 amide bonds. The summed E-state index contributed by atoms with van der Waals surface area (Å²) in [6.07, 6.45) is 2.63. The first kappa shape index (κ1) is 14.4. The van der Waals surface area contributed by atoms with Crippen LogP contribution in [0.2, 0.25) is 0 Å². The molecule has 1 aliphatic heterocycles. The number of hydrogen-bond donors (Lipinski definition) is 1. The van der Waals surface area contributed by atoms with Crippen molar-refractivity contribution in [2.75, 3.05) is 19.7 Å². The van der Waals surface area contributed by atoms with Crippen LogP contribution >= 0.6 is 0 Å². The molecule has 0 aliphatic carbocycles. The van der Waals surface area contributed by atoms with E-state index in [0.29, 0.717) is 12.6 Å². The van der Waals surface area contributed by atoms with Gasteiger partial charge >= 0.3 is 0 Å². The smallest absolute Gasteiger partial charge is 0.119 e. The minimum Gasteiger partial charge on any atom is -0.492 e. The lowest BCUT2D eigenvalue weighted by Crippen LogP contribution is -2.42. The summed E-state index contributed by atoms with van der Waals surface area (Å²) in [6, 6.07) is 8.75. The Bertz CT molecular complexity index is 377. The van der Waals surface area contributed by atoms with E-state index < -0.39 is 0 Å². The minimum atomic E-state index is 0.587. The summed E-state index contributed by atoms with van der Waals surface area (Å²) in [5.74, 6) is 1.81. The molecule has 1 fully saturated rings. The van der Waals surface area contributed by atoms with Gasteiger partial charge in [0.1, 0.15) is 12.4 Å². The Labute approximate surface area is 116 Å². The molecule has 2 N–H and O–H groups in total. The van der Waals surface area contributed by atoms with Gasteiger partial charge in [0.15, 0.2) is 0 Å². The van der Waals surface area contributed by atoms with E-state index in [0.717, 1.165) is 30.4 Å². The predicted molar refractivity (Wildman–Crippen MR) is 79.3 cm³/mol. The van der Waals surface area contributed by atoms with Crippen molar-refractivity contribution in [3.63, 3.8) is 0 Å². The SMILES string of the molecule is CC1CCN(CCOc2ccc(CN)cc2)C(C)C1. The molecule has 1 saturated heterocycles. The van der Waals surface area contributed by atoms with Gasteiger partial charge in [-0.25, -0.2) is 0 Å². The lowest BCUT2D eigenvalue weighted by atomic mass is 9.93. The Morgan fingerprint density at radius 1 is 1.26 bits per heavy atom. The molecule has 0 bridgehead atoms. The van der Waals surface area contributed by atoms with Gasteiger partial charge in [-0.1, -0.05) is 19.1 Å². The van der Waals surface area contributed by atoms with Crippen molar-refractivity contribution in [1.82, 2.24) is 4.90 Å². The number of hydrogen-bond acceptors (Lipinski definition) is 3. The van der Waals surface area contributed by atoms with Crippen LogP contribution in [0.5, 0.6) is 5.75 Å². The molecule has 1 aliphatic rings. The summed E-state index contributed by atoms with van der Waals surface area (Å²) in [6.45, 7) is 8.25. The molecular weight excluding hydrogens is 236 g/mol. The lowest BCUT2D eigenvalue weighted by molar-refractivity contribution is 0.109. The zero-order chi connectivity index (χ0) is 13.7. The molecule has 1 aromatic carbocycles. The molecule has 3 nitrogen and oxygen atoms in total. The van der Waals surface area contributed by atoms with Crippen LogP contribution in [0.3, 0.4) is 0 Å². The van der Waals surface area contributed by atoms with Crippen LogP contribution in [0.15, 0.2) is 24.3 Å². The van der Waals surface area contributed by atoms with Gasteiger partial charge < -0.3 is 10.5 Å². The van der Waals surface area contributed by atoms with E-state index in [2.05, 4.69) is 18.7 Å². The first-order valence-corrected chi connectivity index (χ1v) is 7.35. The van der Waals surface area contributed by atoms with Crippen molar-refractivity contribution in [3.8, 4) is 5.75 Å². The Kier molecular flexibility index (Phi) is 5.23. The molecule has 3 heteroatoms. The van der Waals surface area contributed by atoms with Gasteiger partial charge in [0, 0.05) is 19.1 Å². The Balaban J connectivity index is 1.73. The van der Waals surface area contributed by atoms with Gasteiger partial charge in [-0.3, -0.25) is 4.90 Å². The van der Waals surface area contributed by atoms with Crippen molar-refractivity contribution >= 4 is 0 Å². The molecule has 2 unspecified atom stereocenters. The van der Waals surface area contributed by atoms with Gasteiger partial charge in [-0.15, -0.1) is 0 Å². The van der Waals surface area contributed by atoms with Crippen LogP contribution in [0.1, 0.15) is 32.3 Å². The van der Waals surface area contributed by atoms with E-state index >= 15 is 0 Å². The van der Waals surface area contributed by atoms with Crippen molar-refractivity contribution in [2.24, 2.45) is 11.7 Å². The maximum absolute atomic E-state index is 5.80. The number of likely N-dealkylation sites (tertiary alicyclic amines) is 1. The fourth-order valence-corrected chi connectivity index (χ4v) is 2.79. The van der Waals surface area contributed by atoms with Crippen LogP contribution in [-0.4, -0.2) is 30.6 Å². The second-order valence-electron chi connectivity index (χ2n) is 5.71. The highest BCUT2D eigenvalue weighted by Gasteiger charge is 2.22. The normalized spacial score (nSPS) is 24.4. The van der Waals surface area contributed by atoms with E-state index in [1.807, 2.05) is 24.3 Å². The minimum absolute atomic E-state index is 0.587. The third-order valence-corrected chi connectivity index (χ3v) is 4.08. The van der Waals surface area contributed by atoms with E-state index in [1.54, 1.807) is 0 Å². The molecule has 0 spiro atoms. The van der Waals surface area contributed by atoms with Crippen molar-refractivity contribution in [3.05, 3.63) is 29.8 Å². The molecule has 1 heterocycles. The van der Waals surface area contributed by atoms with Crippen LogP contribution in [0.4, 0.5) is 0 Å². The summed E-state index contributed by atoms with van der Waals surface area (Å²) in [5, 5.41) is 0. The van der Waals surface area contributed by atoms with Crippen LogP contribution < -0.4 is 10.5 Å². The third-order valence-electron chi connectivity index (χ3n) is 4.08. The molecule has 1 aromatic rings. The van der Waals surface area contributed by atoms with Gasteiger partial charge in [-0.2, -0.15) is 0 Å².